The van der Waals surface area contributed by atoms with Crippen LogP contribution in [0.15, 0.2) is 0 Å². The average Bonchev–Trinajstić information content (AvgIpc) is 2.86. The topological polar surface area (TPSA) is 12.5 Å². The summed E-state index contributed by atoms with van der Waals surface area (Å²) in [5, 5.41) is 0.791. The third kappa shape index (κ3) is 1.92. The van der Waals surface area contributed by atoms with Crippen molar-refractivity contribution in [3.8, 4) is 0 Å². The van der Waals surface area contributed by atoms with E-state index in [1.54, 1.807) is 0 Å². The fraction of sp³-hybridized carbons (Fsp3) is 0.909. The molecule has 4 heteroatoms. The van der Waals surface area contributed by atoms with E-state index in [2.05, 4.69) is 4.90 Å². The van der Waals surface area contributed by atoms with Crippen LogP contribution in [-0.4, -0.2) is 39.8 Å². The van der Waals surface area contributed by atoms with Crippen molar-refractivity contribution in [1.82, 2.24) is 4.90 Å². The van der Waals surface area contributed by atoms with Crippen molar-refractivity contribution >= 4 is 28.3 Å². The van der Waals surface area contributed by atoms with Crippen molar-refractivity contribution in [2.45, 2.75) is 49.5 Å². The molecule has 15 heavy (non-hydrogen) atoms. The minimum Gasteiger partial charge on any atom is -0.376 e. The summed E-state index contributed by atoms with van der Waals surface area (Å²) in [6.07, 6.45) is 6.98. The molecule has 3 fully saturated rings. The second-order valence-corrected chi connectivity index (χ2v) is 6.58. The molecular formula is C11H17NOS2. The molecule has 2 aliphatic heterocycles. The van der Waals surface area contributed by atoms with Gasteiger partial charge in [0, 0.05) is 24.4 Å². The Hall–Kier alpha value is 0.200. The van der Waals surface area contributed by atoms with Gasteiger partial charge in [-0.3, -0.25) is 0 Å². The van der Waals surface area contributed by atoms with E-state index in [0.717, 1.165) is 28.8 Å². The minimum absolute atomic E-state index is 0.447. The maximum absolute atomic E-state index is 5.70. The van der Waals surface area contributed by atoms with Crippen LogP contribution in [0.3, 0.4) is 0 Å². The minimum atomic E-state index is 0.447. The zero-order valence-corrected chi connectivity index (χ0v) is 10.5. The molecule has 1 aliphatic carbocycles. The molecule has 3 atom stereocenters. The third-order valence-electron chi connectivity index (χ3n) is 3.73. The van der Waals surface area contributed by atoms with Crippen LogP contribution in [0.2, 0.25) is 0 Å². The standard InChI is InChI=1S/C11H17NOS2/c14-11-12(7-8-3-2-6-13-8)9-4-1-5-10(9)15-11/h8-10H,1-7H2/t8-,9-,10-/m0/s1. The lowest BCUT2D eigenvalue weighted by atomic mass is 10.2. The first-order valence-electron chi connectivity index (χ1n) is 5.93. The number of thiocarbonyl (C=S) groups is 1. The Kier molecular flexibility index (Phi) is 2.92. The van der Waals surface area contributed by atoms with Crippen LogP contribution < -0.4 is 0 Å². The predicted octanol–water partition coefficient (Wildman–Crippen LogP) is 2.42. The van der Waals surface area contributed by atoms with E-state index in [9.17, 15) is 0 Å². The number of hydrogen-bond donors (Lipinski definition) is 0. The summed E-state index contributed by atoms with van der Waals surface area (Å²) in [6, 6.07) is 0.728. The van der Waals surface area contributed by atoms with Crippen molar-refractivity contribution in [3.05, 3.63) is 0 Å². The Morgan fingerprint density at radius 2 is 2.27 bits per heavy atom. The van der Waals surface area contributed by atoms with E-state index < -0.39 is 0 Å². The molecule has 84 valence electrons. The summed E-state index contributed by atoms with van der Waals surface area (Å²) in [7, 11) is 0. The van der Waals surface area contributed by atoms with Crippen LogP contribution in [0.25, 0.3) is 0 Å². The fourth-order valence-electron chi connectivity index (χ4n) is 2.95. The monoisotopic (exact) mass is 243 g/mol. The number of thioether (sulfide) groups is 1. The van der Waals surface area contributed by atoms with Gasteiger partial charge in [0.05, 0.1) is 6.10 Å². The number of nitrogens with zero attached hydrogens (tertiary/aromatic N) is 1. The Bertz CT molecular complexity index is 265. The summed E-state index contributed by atoms with van der Waals surface area (Å²) < 4.78 is 6.83. The molecule has 0 amide bonds. The number of ether oxygens (including phenoxy) is 1. The van der Waals surface area contributed by atoms with E-state index in [1.165, 1.54) is 32.1 Å². The maximum Gasteiger partial charge on any atom is 0.137 e. The highest BCUT2D eigenvalue weighted by atomic mass is 32.2. The van der Waals surface area contributed by atoms with Crippen molar-refractivity contribution < 1.29 is 4.74 Å². The highest BCUT2D eigenvalue weighted by Gasteiger charge is 2.42. The van der Waals surface area contributed by atoms with Gasteiger partial charge < -0.3 is 9.64 Å². The van der Waals surface area contributed by atoms with Crippen molar-refractivity contribution in [3.63, 3.8) is 0 Å². The molecule has 0 aromatic rings. The molecule has 0 aromatic heterocycles. The lowest BCUT2D eigenvalue weighted by Gasteiger charge is -2.27. The lowest BCUT2D eigenvalue weighted by Crippen LogP contribution is -2.39. The maximum atomic E-state index is 5.70. The lowest BCUT2D eigenvalue weighted by molar-refractivity contribution is 0.0858. The highest BCUT2D eigenvalue weighted by Crippen LogP contribution is 2.42. The van der Waals surface area contributed by atoms with Crippen LogP contribution in [0.1, 0.15) is 32.1 Å². The van der Waals surface area contributed by atoms with Crippen molar-refractivity contribution in [1.29, 1.82) is 0 Å². The van der Waals surface area contributed by atoms with E-state index in [1.807, 2.05) is 11.8 Å². The highest BCUT2D eigenvalue weighted by molar-refractivity contribution is 8.23. The summed E-state index contributed by atoms with van der Waals surface area (Å²) in [4.78, 5) is 2.45. The zero-order valence-electron chi connectivity index (χ0n) is 8.85. The molecule has 0 N–H and O–H groups in total. The Balaban J connectivity index is 1.65. The van der Waals surface area contributed by atoms with Gasteiger partial charge in [-0.1, -0.05) is 30.4 Å². The number of rotatable bonds is 2. The molecular weight excluding hydrogens is 226 g/mol. The van der Waals surface area contributed by atoms with Crippen LogP contribution in [0.4, 0.5) is 0 Å². The van der Waals surface area contributed by atoms with Crippen LogP contribution in [-0.2, 0) is 4.74 Å². The Morgan fingerprint density at radius 1 is 1.33 bits per heavy atom. The van der Waals surface area contributed by atoms with Gasteiger partial charge in [0.2, 0.25) is 0 Å². The van der Waals surface area contributed by atoms with Gasteiger partial charge in [0.15, 0.2) is 0 Å². The second kappa shape index (κ2) is 4.22. The van der Waals surface area contributed by atoms with E-state index in [-0.39, 0.29) is 0 Å². The van der Waals surface area contributed by atoms with Gasteiger partial charge in [0.1, 0.15) is 4.32 Å². The van der Waals surface area contributed by atoms with Crippen LogP contribution in [0.5, 0.6) is 0 Å². The van der Waals surface area contributed by atoms with E-state index in [4.69, 9.17) is 17.0 Å². The molecule has 0 unspecified atom stereocenters. The molecule has 1 saturated carbocycles. The summed E-state index contributed by atoms with van der Waals surface area (Å²) in [6.45, 7) is 2.00. The van der Waals surface area contributed by atoms with Gasteiger partial charge in [-0.15, -0.1) is 0 Å². The average molecular weight is 243 g/mol. The zero-order chi connectivity index (χ0) is 10.3. The molecule has 3 aliphatic rings. The first-order chi connectivity index (χ1) is 7.34. The van der Waals surface area contributed by atoms with Gasteiger partial charge in [-0.25, -0.2) is 0 Å². The molecule has 2 saturated heterocycles. The first kappa shape index (κ1) is 10.4. The molecule has 2 heterocycles. The van der Waals surface area contributed by atoms with Gasteiger partial charge in [-0.2, -0.15) is 0 Å². The summed E-state index contributed by atoms with van der Waals surface area (Å²) in [5.41, 5.74) is 0. The van der Waals surface area contributed by atoms with Gasteiger partial charge in [-0.05, 0) is 25.7 Å². The van der Waals surface area contributed by atoms with Gasteiger partial charge >= 0.3 is 0 Å². The summed E-state index contributed by atoms with van der Waals surface area (Å²) >= 11 is 7.39. The molecule has 0 radical (unpaired) electrons. The molecule has 2 nitrogen and oxygen atoms in total. The smallest absolute Gasteiger partial charge is 0.137 e. The van der Waals surface area contributed by atoms with E-state index in [0.29, 0.717) is 6.10 Å². The largest absolute Gasteiger partial charge is 0.376 e. The number of fused-ring (bicyclic) bond motifs is 1. The Morgan fingerprint density at radius 3 is 3.07 bits per heavy atom. The van der Waals surface area contributed by atoms with Gasteiger partial charge in [0.25, 0.3) is 0 Å². The fourth-order valence-corrected chi connectivity index (χ4v) is 4.86. The third-order valence-corrected chi connectivity index (χ3v) is 5.54. The van der Waals surface area contributed by atoms with Crippen LogP contribution >= 0.6 is 24.0 Å². The predicted molar refractivity (Wildman–Crippen MR) is 67.3 cm³/mol. The SMILES string of the molecule is S=C1S[C@H]2CCC[C@@H]2N1C[C@@H]1CCCO1. The summed E-state index contributed by atoms with van der Waals surface area (Å²) in [5.74, 6) is 0. The van der Waals surface area contributed by atoms with E-state index >= 15 is 0 Å². The molecule has 0 bridgehead atoms. The number of hydrogen-bond acceptors (Lipinski definition) is 3. The van der Waals surface area contributed by atoms with Crippen molar-refractivity contribution in [2.24, 2.45) is 0 Å². The normalized spacial score (nSPS) is 40.1. The first-order valence-corrected chi connectivity index (χ1v) is 7.22. The molecule has 3 rings (SSSR count). The van der Waals surface area contributed by atoms with Crippen LogP contribution in [0, 0.1) is 0 Å². The molecule has 0 aromatic carbocycles. The molecule has 0 spiro atoms. The van der Waals surface area contributed by atoms with Crippen molar-refractivity contribution in [2.75, 3.05) is 13.2 Å². The quantitative estimate of drug-likeness (QED) is 0.690. The Labute approximate surface area is 101 Å². The second-order valence-electron chi connectivity index (χ2n) is 4.71.